The summed E-state index contributed by atoms with van der Waals surface area (Å²) >= 11 is 3.70. The van der Waals surface area contributed by atoms with E-state index < -0.39 is 0 Å². The fraction of sp³-hybridized carbons (Fsp3) is 0.104. The number of hydrogen-bond acceptors (Lipinski definition) is 1. The van der Waals surface area contributed by atoms with E-state index in [0.29, 0.717) is 0 Å². The van der Waals surface area contributed by atoms with Crippen molar-refractivity contribution in [3.05, 3.63) is 325 Å². The van der Waals surface area contributed by atoms with Crippen molar-refractivity contribution >= 4 is 21.6 Å². The first-order valence-electron chi connectivity index (χ1n) is 23.9. The van der Waals surface area contributed by atoms with Crippen molar-refractivity contribution in [1.82, 2.24) is 0 Å². The molecule has 0 fully saturated rings. The number of nitrogens with two attached hydrogens (primary N) is 1. The Kier molecular flexibility index (Phi) is 12.6. The van der Waals surface area contributed by atoms with Crippen LogP contribution in [0.3, 0.4) is 0 Å². The Morgan fingerprint density at radius 1 is 0.319 bits per heavy atom. The smallest absolute Gasteiger partial charge is 0.0713 e. The van der Waals surface area contributed by atoms with Crippen molar-refractivity contribution in [2.45, 2.75) is 44.9 Å². The molecule has 0 spiro atoms. The average molecular weight is 955 g/mol. The minimum atomic E-state index is -0.330. The molecule has 0 saturated heterocycles. The zero-order valence-corrected chi connectivity index (χ0v) is 41.3. The number of halogens is 1. The van der Waals surface area contributed by atoms with Gasteiger partial charge in [0.1, 0.15) is 0 Å². The van der Waals surface area contributed by atoms with Crippen LogP contribution in [0, 0.1) is 27.7 Å². The topological polar surface area (TPSA) is 26.0 Å². The van der Waals surface area contributed by atoms with Crippen LogP contribution in [0.4, 0.5) is 5.69 Å². The number of aryl methyl sites for hydroxylation is 4. The first-order chi connectivity index (χ1) is 33.7. The highest BCUT2D eigenvalue weighted by atomic mass is 79.9. The van der Waals surface area contributed by atoms with Gasteiger partial charge in [0.25, 0.3) is 0 Å². The molecule has 0 atom stereocenters. The van der Waals surface area contributed by atoms with Crippen molar-refractivity contribution in [2.24, 2.45) is 0 Å². The van der Waals surface area contributed by atoms with Crippen LogP contribution in [0.25, 0.3) is 22.3 Å². The summed E-state index contributed by atoms with van der Waals surface area (Å²) in [6.45, 7) is 8.50. The van der Waals surface area contributed by atoms with Gasteiger partial charge >= 0.3 is 0 Å². The van der Waals surface area contributed by atoms with Gasteiger partial charge in [0.15, 0.2) is 0 Å². The van der Waals surface area contributed by atoms with Crippen molar-refractivity contribution in [3.63, 3.8) is 0 Å². The van der Waals surface area contributed by atoms with Gasteiger partial charge in [0.05, 0.1) is 10.8 Å². The lowest BCUT2D eigenvalue weighted by Crippen LogP contribution is -2.28. The van der Waals surface area contributed by atoms with E-state index in [1.54, 1.807) is 0 Å². The Morgan fingerprint density at radius 2 is 0.696 bits per heavy atom. The van der Waals surface area contributed by atoms with Crippen molar-refractivity contribution in [3.8, 4) is 22.3 Å². The van der Waals surface area contributed by atoms with Crippen LogP contribution in [0.2, 0.25) is 0 Å². The third-order valence-corrected chi connectivity index (χ3v) is 14.5. The van der Waals surface area contributed by atoms with E-state index in [2.05, 4.69) is 255 Å². The molecule has 0 amide bonds. The minimum absolute atomic E-state index is 0.301. The second-order valence-electron chi connectivity index (χ2n) is 18.7. The predicted molar refractivity (Wildman–Crippen MR) is 294 cm³/mol. The SMILES string of the molecule is Cc1ccc(C2(c3cccc(Br)c3)c3ccccc3-c3ccccc32)cc1.Cc1ccc(C2(c3cccc(Cc4cccc(C)c4)c3)c3ccccc3-c3ccccc32)cc1.Cc1cccc(N)c1. The van der Waals surface area contributed by atoms with Crippen LogP contribution in [-0.2, 0) is 17.3 Å². The number of nitrogen functional groups attached to an aromatic ring is 1. The van der Waals surface area contributed by atoms with E-state index in [9.17, 15) is 0 Å². The second-order valence-corrected chi connectivity index (χ2v) is 19.6. The van der Waals surface area contributed by atoms with Crippen LogP contribution in [0.15, 0.2) is 247 Å². The first kappa shape index (κ1) is 45.3. The van der Waals surface area contributed by atoms with Gasteiger partial charge in [-0.3, -0.25) is 0 Å². The average Bonchev–Trinajstić information content (AvgIpc) is 3.84. The molecule has 12 rings (SSSR count). The molecule has 1 nitrogen and oxygen atoms in total. The third-order valence-electron chi connectivity index (χ3n) is 14.0. The van der Waals surface area contributed by atoms with Gasteiger partial charge in [-0.1, -0.05) is 251 Å². The highest BCUT2D eigenvalue weighted by molar-refractivity contribution is 9.10. The molecule has 2 aliphatic rings. The van der Waals surface area contributed by atoms with Gasteiger partial charge in [-0.15, -0.1) is 0 Å². The molecule has 0 aliphatic heterocycles. The van der Waals surface area contributed by atoms with Gasteiger partial charge in [-0.05, 0) is 142 Å². The van der Waals surface area contributed by atoms with Crippen molar-refractivity contribution < 1.29 is 0 Å². The molecule has 0 radical (unpaired) electrons. The van der Waals surface area contributed by atoms with E-state index in [0.717, 1.165) is 16.6 Å². The lowest BCUT2D eigenvalue weighted by Gasteiger charge is -2.34. The van der Waals surface area contributed by atoms with Gasteiger partial charge in [-0.2, -0.15) is 0 Å². The summed E-state index contributed by atoms with van der Waals surface area (Å²) in [5.41, 5.74) is 29.5. The van der Waals surface area contributed by atoms with Gasteiger partial charge in [0, 0.05) is 10.2 Å². The van der Waals surface area contributed by atoms with Crippen molar-refractivity contribution in [1.29, 1.82) is 0 Å². The zero-order chi connectivity index (χ0) is 47.5. The largest absolute Gasteiger partial charge is 0.399 e. The van der Waals surface area contributed by atoms with Crippen LogP contribution < -0.4 is 5.73 Å². The van der Waals surface area contributed by atoms with Gasteiger partial charge in [0.2, 0.25) is 0 Å². The number of hydrogen-bond donors (Lipinski definition) is 1. The lowest BCUT2D eigenvalue weighted by molar-refractivity contribution is 0.766. The van der Waals surface area contributed by atoms with Crippen LogP contribution in [-0.4, -0.2) is 0 Å². The van der Waals surface area contributed by atoms with Crippen LogP contribution in [0.1, 0.15) is 77.9 Å². The maximum Gasteiger partial charge on any atom is 0.0713 e. The fourth-order valence-electron chi connectivity index (χ4n) is 11.0. The normalized spacial score (nSPS) is 13.1. The zero-order valence-electron chi connectivity index (χ0n) is 39.8. The lowest BCUT2D eigenvalue weighted by atomic mass is 9.67. The molecular weight excluding hydrogens is 899 g/mol. The Balaban J connectivity index is 0.000000141. The molecule has 10 aromatic carbocycles. The molecule has 0 aromatic heterocycles. The summed E-state index contributed by atoms with van der Waals surface area (Å²) in [7, 11) is 0. The molecule has 336 valence electrons. The first-order valence-corrected chi connectivity index (χ1v) is 24.7. The highest BCUT2D eigenvalue weighted by Gasteiger charge is 2.47. The van der Waals surface area contributed by atoms with E-state index >= 15 is 0 Å². The summed E-state index contributed by atoms with van der Waals surface area (Å²) in [5.74, 6) is 0. The molecule has 2 N–H and O–H groups in total. The number of anilines is 1. The molecule has 0 bridgehead atoms. The van der Waals surface area contributed by atoms with E-state index in [1.165, 1.54) is 100 Å². The monoisotopic (exact) mass is 953 g/mol. The van der Waals surface area contributed by atoms with E-state index in [1.807, 2.05) is 31.2 Å². The molecule has 69 heavy (non-hydrogen) atoms. The summed E-state index contributed by atoms with van der Waals surface area (Å²) in [6.07, 6.45) is 0.933. The van der Waals surface area contributed by atoms with Gasteiger partial charge < -0.3 is 5.73 Å². The van der Waals surface area contributed by atoms with E-state index in [-0.39, 0.29) is 10.8 Å². The summed E-state index contributed by atoms with van der Waals surface area (Å²) in [6, 6.07) is 88.4. The molecular formula is C67H56BrN. The number of benzene rings is 10. The van der Waals surface area contributed by atoms with Crippen LogP contribution >= 0.6 is 15.9 Å². The molecule has 2 heteroatoms. The minimum Gasteiger partial charge on any atom is -0.399 e. The van der Waals surface area contributed by atoms with E-state index in [4.69, 9.17) is 5.73 Å². The Labute approximate surface area is 417 Å². The predicted octanol–water partition coefficient (Wildman–Crippen LogP) is 17.0. The number of rotatable bonds is 6. The fourth-order valence-corrected chi connectivity index (χ4v) is 11.4. The molecule has 2 aliphatic carbocycles. The summed E-state index contributed by atoms with van der Waals surface area (Å²) < 4.78 is 1.10. The number of fused-ring (bicyclic) bond motifs is 6. The third kappa shape index (κ3) is 8.45. The molecule has 0 saturated carbocycles. The second kappa shape index (κ2) is 19.2. The maximum absolute atomic E-state index is 5.46. The molecule has 0 unspecified atom stereocenters. The molecule has 0 heterocycles. The van der Waals surface area contributed by atoms with Crippen molar-refractivity contribution in [2.75, 3.05) is 5.73 Å². The quantitative estimate of drug-likeness (QED) is 0.165. The van der Waals surface area contributed by atoms with Gasteiger partial charge in [-0.25, -0.2) is 0 Å². The Morgan fingerprint density at radius 3 is 1.10 bits per heavy atom. The standard InChI is InChI=1S/C34H28.C26H19Br.C7H9N/c1-24-17-19-28(20-18-24)34(32-15-5-3-13-30(32)31-14-4-6-16-33(31)34)29-12-8-11-27(23-29)22-26-10-7-9-25(2)21-26;1-18-13-15-19(16-14-18)26(20-7-6-8-21(27)17-20)24-11-4-2-9-22(24)23-10-3-5-12-25(23)26;1-6-3-2-4-7(8)5-6/h3-21,23H,22H2,1-2H3;2-17H,1H3;2-5H,8H2,1H3. The Bertz CT molecular complexity index is 3330. The molecule has 10 aromatic rings. The summed E-state index contributed by atoms with van der Waals surface area (Å²) in [4.78, 5) is 0. The highest BCUT2D eigenvalue weighted by Crippen LogP contribution is 2.57. The summed E-state index contributed by atoms with van der Waals surface area (Å²) in [5, 5.41) is 0. The Hall–Kier alpha value is -7.52. The maximum atomic E-state index is 5.46. The van der Waals surface area contributed by atoms with Crippen LogP contribution in [0.5, 0.6) is 0 Å².